The second kappa shape index (κ2) is 9.98. The molecule has 0 saturated carbocycles. The topological polar surface area (TPSA) is 94.5 Å². The number of amides is 1. The summed E-state index contributed by atoms with van der Waals surface area (Å²) >= 11 is 1.17. The quantitative estimate of drug-likeness (QED) is 0.368. The molecule has 1 N–H and O–H groups in total. The van der Waals surface area contributed by atoms with Gasteiger partial charge in [0.25, 0.3) is 15.9 Å². The van der Waals surface area contributed by atoms with Gasteiger partial charge in [-0.3, -0.25) is 4.79 Å². The van der Waals surface area contributed by atoms with Gasteiger partial charge in [-0.15, -0.1) is 0 Å². The molecule has 9 heteroatoms. The van der Waals surface area contributed by atoms with Crippen LogP contribution in [0.3, 0.4) is 0 Å². The number of nitrogens with one attached hydrogen (secondary N) is 1. The average Bonchev–Trinajstić information content (AvgIpc) is 3.41. The maximum absolute atomic E-state index is 13.6. The molecule has 0 aliphatic rings. The Morgan fingerprint density at radius 3 is 2.09 bits per heavy atom. The SMILES string of the molecule is COC(=O)c1cc(NC(=O)c2ccccc2)c(Sc2ccccc2)c(S(=O)(=O)n2cccc2)c1. The molecule has 7 nitrogen and oxygen atoms in total. The van der Waals surface area contributed by atoms with E-state index in [2.05, 4.69) is 5.32 Å². The van der Waals surface area contributed by atoms with Gasteiger partial charge in [-0.25, -0.2) is 17.2 Å². The molecule has 0 atom stereocenters. The molecule has 0 unspecified atom stereocenters. The van der Waals surface area contributed by atoms with Crippen molar-refractivity contribution in [1.82, 2.24) is 3.97 Å². The van der Waals surface area contributed by atoms with Crippen LogP contribution in [0.1, 0.15) is 20.7 Å². The summed E-state index contributed by atoms with van der Waals surface area (Å²) in [4.78, 5) is 26.3. The number of aromatic nitrogens is 1. The van der Waals surface area contributed by atoms with Crippen molar-refractivity contribution in [1.29, 1.82) is 0 Å². The van der Waals surface area contributed by atoms with E-state index in [4.69, 9.17) is 4.74 Å². The summed E-state index contributed by atoms with van der Waals surface area (Å²) in [5.74, 6) is -1.17. The zero-order valence-corrected chi connectivity index (χ0v) is 19.7. The normalized spacial score (nSPS) is 11.1. The molecule has 4 rings (SSSR count). The van der Waals surface area contributed by atoms with E-state index in [0.717, 1.165) is 8.87 Å². The number of carbonyl (C=O) groups is 2. The molecular weight excluding hydrogens is 472 g/mol. The monoisotopic (exact) mass is 492 g/mol. The van der Waals surface area contributed by atoms with Crippen LogP contribution in [0, 0.1) is 0 Å². The maximum atomic E-state index is 13.6. The van der Waals surface area contributed by atoms with E-state index < -0.39 is 21.9 Å². The van der Waals surface area contributed by atoms with E-state index in [0.29, 0.717) is 5.56 Å². The highest BCUT2D eigenvalue weighted by Gasteiger charge is 2.27. The molecule has 0 radical (unpaired) electrons. The maximum Gasteiger partial charge on any atom is 0.337 e. The van der Waals surface area contributed by atoms with Gasteiger partial charge in [0, 0.05) is 22.9 Å². The number of hydrogen-bond donors (Lipinski definition) is 1. The van der Waals surface area contributed by atoms with Gasteiger partial charge in [-0.1, -0.05) is 48.2 Å². The third-order valence-corrected chi connectivity index (χ3v) is 7.81. The smallest absolute Gasteiger partial charge is 0.337 e. The number of rotatable bonds is 7. The predicted octanol–water partition coefficient (Wildman–Crippen LogP) is 4.92. The largest absolute Gasteiger partial charge is 0.465 e. The molecule has 0 saturated heterocycles. The molecular formula is C25H20N2O5S2. The first-order valence-electron chi connectivity index (χ1n) is 10.1. The van der Waals surface area contributed by atoms with Crippen molar-refractivity contribution in [2.75, 3.05) is 12.4 Å². The van der Waals surface area contributed by atoms with Gasteiger partial charge in [0.2, 0.25) is 0 Å². The number of methoxy groups -OCH3 is 1. The van der Waals surface area contributed by atoms with Crippen molar-refractivity contribution >= 4 is 39.3 Å². The lowest BCUT2D eigenvalue weighted by Crippen LogP contribution is -2.17. The zero-order chi connectivity index (χ0) is 24.1. The Bertz CT molecular complexity index is 1420. The lowest BCUT2D eigenvalue weighted by Gasteiger charge is -2.18. The van der Waals surface area contributed by atoms with Gasteiger partial charge in [-0.05, 0) is 48.5 Å². The summed E-state index contributed by atoms with van der Waals surface area (Å²) in [6, 6.07) is 23.5. The molecule has 0 aliphatic carbocycles. The molecule has 0 aliphatic heterocycles. The second-order valence-corrected chi connectivity index (χ2v) is 9.99. The average molecular weight is 493 g/mol. The van der Waals surface area contributed by atoms with Crippen LogP contribution in [-0.2, 0) is 14.8 Å². The Kier molecular flexibility index (Phi) is 6.85. The molecule has 0 bridgehead atoms. The number of ether oxygens (including phenoxy) is 1. The van der Waals surface area contributed by atoms with E-state index in [1.807, 2.05) is 30.3 Å². The molecule has 1 heterocycles. The second-order valence-electron chi connectivity index (χ2n) is 7.10. The molecule has 34 heavy (non-hydrogen) atoms. The van der Waals surface area contributed by atoms with Crippen LogP contribution >= 0.6 is 11.8 Å². The number of esters is 1. The van der Waals surface area contributed by atoms with Gasteiger partial charge in [0.1, 0.15) is 4.90 Å². The third-order valence-electron chi connectivity index (χ3n) is 4.86. The standard InChI is InChI=1S/C25H20N2O5S2/c1-32-25(29)19-16-21(26-24(28)18-10-4-2-5-11-18)23(33-20-12-6-3-7-13-20)22(17-19)34(30,31)27-14-8-9-15-27/h2-17H,1H3,(H,26,28). The molecule has 0 spiro atoms. The Hall–Kier alpha value is -3.82. The summed E-state index contributed by atoms with van der Waals surface area (Å²) in [5, 5.41) is 2.78. The predicted molar refractivity (Wildman–Crippen MR) is 130 cm³/mol. The van der Waals surface area contributed by atoms with Crippen LogP contribution in [-0.4, -0.2) is 31.4 Å². The van der Waals surface area contributed by atoms with Crippen LogP contribution in [0.2, 0.25) is 0 Å². The lowest BCUT2D eigenvalue weighted by molar-refractivity contribution is 0.0600. The van der Waals surface area contributed by atoms with E-state index in [9.17, 15) is 18.0 Å². The highest BCUT2D eigenvalue weighted by Crippen LogP contribution is 2.40. The molecule has 3 aromatic carbocycles. The van der Waals surface area contributed by atoms with Crippen molar-refractivity contribution in [2.45, 2.75) is 14.7 Å². The van der Waals surface area contributed by atoms with E-state index in [1.54, 1.807) is 42.5 Å². The summed E-state index contributed by atoms with van der Waals surface area (Å²) < 4.78 is 33.0. The van der Waals surface area contributed by atoms with Crippen LogP contribution < -0.4 is 5.32 Å². The Morgan fingerprint density at radius 2 is 1.47 bits per heavy atom. The highest BCUT2D eigenvalue weighted by molar-refractivity contribution is 8.00. The number of carbonyl (C=O) groups excluding carboxylic acids is 2. The van der Waals surface area contributed by atoms with Crippen LogP contribution in [0.5, 0.6) is 0 Å². The Labute approximate surface area is 201 Å². The zero-order valence-electron chi connectivity index (χ0n) is 18.0. The van der Waals surface area contributed by atoms with E-state index >= 15 is 0 Å². The van der Waals surface area contributed by atoms with E-state index in [1.165, 1.54) is 43.4 Å². The molecule has 172 valence electrons. The number of hydrogen-bond acceptors (Lipinski definition) is 6. The summed E-state index contributed by atoms with van der Waals surface area (Å²) in [6.07, 6.45) is 2.80. The first-order valence-corrected chi connectivity index (χ1v) is 12.4. The van der Waals surface area contributed by atoms with Gasteiger partial charge < -0.3 is 10.1 Å². The number of benzene rings is 3. The van der Waals surface area contributed by atoms with Crippen LogP contribution in [0.4, 0.5) is 5.69 Å². The Morgan fingerprint density at radius 1 is 0.853 bits per heavy atom. The van der Waals surface area contributed by atoms with Gasteiger partial charge in [0.15, 0.2) is 0 Å². The van der Waals surface area contributed by atoms with Gasteiger partial charge >= 0.3 is 5.97 Å². The van der Waals surface area contributed by atoms with Crippen molar-refractivity contribution in [3.8, 4) is 0 Å². The van der Waals surface area contributed by atoms with Gasteiger partial charge in [0.05, 0.1) is 23.3 Å². The third kappa shape index (κ3) is 4.90. The molecule has 0 fully saturated rings. The molecule has 4 aromatic rings. The highest BCUT2D eigenvalue weighted by atomic mass is 32.2. The molecule has 1 amide bonds. The fourth-order valence-electron chi connectivity index (χ4n) is 3.21. The van der Waals surface area contributed by atoms with Crippen molar-refractivity contribution < 1.29 is 22.7 Å². The van der Waals surface area contributed by atoms with Crippen molar-refractivity contribution in [3.63, 3.8) is 0 Å². The van der Waals surface area contributed by atoms with Crippen LogP contribution in [0.15, 0.2) is 112 Å². The summed E-state index contributed by atoms with van der Waals surface area (Å²) in [5.41, 5.74) is 0.557. The number of anilines is 1. The lowest BCUT2D eigenvalue weighted by atomic mass is 10.1. The minimum atomic E-state index is -4.10. The van der Waals surface area contributed by atoms with Crippen molar-refractivity contribution in [3.05, 3.63) is 108 Å². The van der Waals surface area contributed by atoms with Gasteiger partial charge in [-0.2, -0.15) is 0 Å². The first-order chi connectivity index (χ1) is 16.4. The first kappa shape index (κ1) is 23.3. The summed E-state index contributed by atoms with van der Waals surface area (Å²) in [7, 11) is -2.89. The minimum Gasteiger partial charge on any atom is -0.465 e. The fourth-order valence-corrected chi connectivity index (χ4v) is 5.87. The van der Waals surface area contributed by atoms with Crippen LogP contribution in [0.25, 0.3) is 0 Å². The Balaban J connectivity index is 1.93. The van der Waals surface area contributed by atoms with Crippen molar-refractivity contribution in [2.24, 2.45) is 0 Å². The minimum absolute atomic E-state index is 0.00555. The number of nitrogens with zero attached hydrogens (tertiary/aromatic N) is 1. The summed E-state index contributed by atoms with van der Waals surface area (Å²) in [6.45, 7) is 0. The molecule has 1 aromatic heterocycles. The van der Waals surface area contributed by atoms with E-state index in [-0.39, 0.29) is 21.0 Å². The fraction of sp³-hybridized carbons (Fsp3) is 0.0400.